The summed E-state index contributed by atoms with van der Waals surface area (Å²) in [6.45, 7) is 6.61. The van der Waals surface area contributed by atoms with E-state index >= 15 is 0 Å². The summed E-state index contributed by atoms with van der Waals surface area (Å²) in [6.07, 6.45) is -1.00. The van der Waals surface area contributed by atoms with Crippen molar-refractivity contribution in [3.63, 3.8) is 0 Å². The third-order valence-electron chi connectivity index (χ3n) is 4.22. The molecule has 0 aromatic heterocycles. The molecular formula is C20H27NO7S. The average Bonchev–Trinajstić information content (AvgIpc) is 2.63. The normalized spacial score (nSPS) is 23.0. The topological polar surface area (TPSA) is 102 Å². The highest BCUT2D eigenvalue weighted by Gasteiger charge is 2.45. The van der Waals surface area contributed by atoms with Gasteiger partial charge in [0, 0.05) is 6.54 Å². The van der Waals surface area contributed by atoms with Crippen LogP contribution in [0.25, 0.3) is 0 Å². The Morgan fingerprint density at radius 3 is 2.48 bits per heavy atom. The summed E-state index contributed by atoms with van der Waals surface area (Å²) in [4.78, 5) is 12.2. The van der Waals surface area contributed by atoms with Crippen LogP contribution < -0.4 is 4.74 Å². The molecular weight excluding hydrogens is 398 g/mol. The van der Waals surface area contributed by atoms with E-state index in [1.165, 1.54) is 31.4 Å². The Hall–Kier alpha value is -2.12. The largest absolute Gasteiger partial charge is 0.481 e. The van der Waals surface area contributed by atoms with Crippen LogP contribution in [0, 0.1) is 11.8 Å². The second-order valence-corrected chi connectivity index (χ2v) is 9.21. The number of hydrogen-bond donors (Lipinski definition) is 1. The van der Waals surface area contributed by atoms with E-state index < -0.39 is 33.7 Å². The Balaban J connectivity index is 2.20. The summed E-state index contributed by atoms with van der Waals surface area (Å²) in [6, 6.07) is 4.78. The zero-order valence-electron chi connectivity index (χ0n) is 17.2. The van der Waals surface area contributed by atoms with E-state index in [-0.39, 0.29) is 24.2 Å². The van der Waals surface area contributed by atoms with Gasteiger partial charge in [0.25, 0.3) is 0 Å². The molecule has 0 saturated carbocycles. The predicted molar refractivity (Wildman–Crippen MR) is 106 cm³/mol. The number of rotatable bonds is 5. The lowest BCUT2D eigenvalue weighted by Gasteiger charge is -2.39. The van der Waals surface area contributed by atoms with Crippen LogP contribution in [0.5, 0.6) is 5.75 Å². The molecule has 0 bridgehead atoms. The fourth-order valence-corrected chi connectivity index (χ4v) is 4.69. The van der Waals surface area contributed by atoms with Gasteiger partial charge < -0.3 is 19.3 Å². The molecule has 1 N–H and O–H groups in total. The first kappa shape index (κ1) is 23.2. The lowest BCUT2D eigenvalue weighted by Crippen LogP contribution is -2.58. The SMILES string of the molecule is COC(=O)C1C(C)OC(C)CN1S(=O)(=O)c1ccc(OCC#CC(C)(C)O)cc1. The van der Waals surface area contributed by atoms with Gasteiger partial charge in [0.05, 0.1) is 24.2 Å². The van der Waals surface area contributed by atoms with Gasteiger partial charge in [0.1, 0.15) is 24.0 Å². The van der Waals surface area contributed by atoms with Gasteiger partial charge >= 0.3 is 5.97 Å². The minimum Gasteiger partial charge on any atom is -0.481 e. The van der Waals surface area contributed by atoms with Crippen LogP contribution in [-0.2, 0) is 24.3 Å². The zero-order chi connectivity index (χ0) is 21.8. The van der Waals surface area contributed by atoms with E-state index in [0.717, 1.165) is 4.31 Å². The van der Waals surface area contributed by atoms with Crippen LogP contribution in [0.4, 0.5) is 0 Å². The van der Waals surface area contributed by atoms with Gasteiger partial charge in [-0.3, -0.25) is 4.79 Å². The number of methoxy groups -OCH3 is 1. The van der Waals surface area contributed by atoms with Crippen molar-refractivity contribution in [2.75, 3.05) is 20.3 Å². The molecule has 8 nitrogen and oxygen atoms in total. The molecule has 0 radical (unpaired) electrons. The van der Waals surface area contributed by atoms with E-state index in [2.05, 4.69) is 11.8 Å². The maximum Gasteiger partial charge on any atom is 0.326 e. The molecule has 1 aliphatic heterocycles. The molecule has 160 valence electrons. The molecule has 3 atom stereocenters. The van der Waals surface area contributed by atoms with Crippen LogP contribution in [0.1, 0.15) is 27.7 Å². The van der Waals surface area contributed by atoms with Gasteiger partial charge in [-0.15, -0.1) is 0 Å². The predicted octanol–water partition coefficient (Wildman–Crippen LogP) is 1.18. The zero-order valence-corrected chi connectivity index (χ0v) is 18.0. The Morgan fingerprint density at radius 2 is 1.93 bits per heavy atom. The van der Waals surface area contributed by atoms with Crippen LogP contribution in [0.2, 0.25) is 0 Å². The van der Waals surface area contributed by atoms with Crippen molar-refractivity contribution in [3.8, 4) is 17.6 Å². The van der Waals surface area contributed by atoms with Crippen LogP contribution in [0.3, 0.4) is 0 Å². The van der Waals surface area contributed by atoms with E-state index in [4.69, 9.17) is 14.2 Å². The van der Waals surface area contributed by atoms with Crippen molar-refractivity contribution in [2.24, 2.45) is 0 Å². The molecule has 3 unspecified atom stereocenters. The number of ether oxygens (including phenoxy) is 3. The van der Waals surface area contributed by atoms with Crippen molar-refractivity contribution < 1.29 is 32.5 Å². The van der Waals surface area contributed by atoms with E-state index in [9.17, 15) is 18.3 Å². The molecule has 1 saturated heterocycles. The van der Waals surface area contributed by atoms with E-state index in [1.807, 2.05) is 0 Å². The number of esters is 1. The Bertz CT molecular complexity index is 878. The maximum atomic E-state index is 13.2. The van der Waals surface area contributed by atoms with E-state index in [0.29, 0.717) is 5.75 Å². The minimum atomic E-state index is -3.96. The monoisotopic (exact) mass is 425 g/mol. The molecule has 9 heteroatoms. The van der Waals surface area contributed by atoms with Crippen molar-refractivity contribution in [2.45, 2.75) is 56.4 Å². The highest BCUT2D eigenvalue weighted by molar-refractivity contribution is 7.89. The number of morpholine rings is 1. The molecule has 0 amide bonds. The van der Waals surface area contributed by atoms with Crippen molar-refractivity contribution >= 4 is 16.0 Å². The summed E-state index contributed by atoms with van der Waals surface area (Å²) in [5, 5.41) is 9.54. The lowest BCUT2D eigenvalue weighted by molar-refractivity contribution is -0.158. The molecule has 1 aromatic rings. The highest BCUT2D eigenvalue weighted by atomic mass is 32.2. The molecule has 1 aliphatic rings. The third-order valence-corrected chi connectivity index (χ3v) is 6.08. The summed E-state index contributed by atoms with van der Waals surface area (Å²) < 4.78 is 43.3. The summed E-state index contributed by atoms with van der Waals surface area (Å²) >= 11 is 0. The number of hydrogen-bond acceptors (Lipinski definition) is 7. The first-order valence-electron chi connectivity index (χ1n) is 9.16. The smallest absolute Gasteiger partial charge is 0.326 e. The number of benzene rings is 1. The van der Waals surface area contributed by atoms with Crippen LogP contribution in [0.15, 0.2) is 29.2 Å². The number of sulfonamides is 1. The van der Waals surface area contributed by atoms with Gasteiger partial charge in [-0.05, 0) is 52.0 Å². The van der Waals surface area contributed by atoms with Gasteiger partial charge in [0.2, 0.25) is 10.0 Å². The first-order valence-corrected chi connectivity index (χ1v) is 10.6. The molecule has 2 rings (SSSR count). The number of carbonyl (C=O) groups is 1. The van der Waals surface area contributed by atoms with Crippen molar-refractivity contribution in [1.82, 2.24) is 4.31 Å². The number of carbonyl (C=O) groups excluding carboxylic acids is 1. The number of aliphatic hydroxyl groups is 1. The average molecular weight is 426 g/mol. The Labute approximate surface area is 171 Å². The molecule has 0 spiro atoms. The van der Waals surface area contributed by atoms with Crippen LogP contribution >= 0.6 is 0 Å². The highest BCUT2D eigenvalue weighted by Crippen LogP contribution is 2.27. The molecule has 1 aromatic carbocycles. The van der Waals surface area contributed by atoms with Gasteiger partial charge in [-0.1, -0.05) is 11.8 Å². The first-order chi connectivity index (χ1) is 13.5. The van der Waals surface area contributed by atoms with Crippen LogP contribution in [-0.4, -0.2) is 67.9 Å². The fraction of sp³-hybridized carbons (Fsp3) is 0.550. The molecule has 0 aliphatic carbocycles. The third kappa shape index (κ3) is 5.93. The fourth-order valence-electron chi connectivity index (χ4n) is 2.98. The molecule has 29 heavy (non-hydrogen) atoms. The Kier molecular flexibility index (Phi) is 7.30. The van der Waals surface area contributed by atoms with Crippen molar-refractivity contribution in [1.29, 1.82) is 0 Å². The quantitative estimate of drug-likeness (QED) is 0.558. The summed E-state index contributed by atoms with van der Waals surface area (Å²) in [7, 11) is -2.74. The molecule has 1 heterocycles. The second-order valence-electron chi connectivity index (χ2n) is 7.32. The van der Waals surface area contributed by atoms with Gasteiger partial charge in [-0.2, -0.15) is 4.31 Å². The van der Waals surface area contributed by atoms with Gasteiger partial charge in [-0.25, -0.2) is 8.42 Å². The van der Waals surface area contributed by atoms with Gasteiger partial charge in [0.15, 0.2) is 0 Å². The standard InChI is InChI=1S/C20H27NO7S/c1-14-13-21(18(15(2)28-14)19(22)26-5)29(24,25)17-9-7-16(8-10-17)27-12-6-11-20(3,4)23/h7-10,14-15,18,23H,12-13H2,1-5H3. The maximum absolute atomic E-state index is 13.2. The Morgan fingerprint density at radius 1 is 1.31 bits per heavy atom. The lowest BCUT2D eigenvalue weighted by atomic mass is 10.1. The second kappa shape index (κ2) is 9.13. The van der Waals surface area contributed by atoms with E-state index in [1.54, 1.807) is 27.7 Å². The summed E-state index contributed by atoms with van der Waals surface area (Å²) in [5.74, 6) is 5.08. The minimum absolute atomic E-state index is 0.0302. The van der Waals surface area contributed by atoms with Crippen molar-refractivity contribution in [3.05, 3.63) is 24.3 Å². The molecule has 1 fully saturated rings. The number of nitrogens with zero attached hydrogens (tertiary/aromatic N) is 1. The summed E-state index contributed by atoms with van der Waals surface area (Å²) in [5.41, 5.74) is -1.11.